The van der Waals surface area contributed by atoms with Crippen LogP contribution in [0.3, 0.4) is 0 Å². The minimum Gasteiger partial charge on any atom is -0.382 e. The normalized spacial score (nSPS) is 16.5. The van der Waals surface area contributed by atoms with Gasteiger partial charge in [-0.25, -0.2) is 8.42 Å². The maximum absolute atomic E-state index is 12.4. The second kappa shape index (κ2) is 8.37. The van der Waals surface area contributed by atoms with Gasteiger partial charge in [0.15, 0.2) is 0 Å². The van der Waals surface area contributed by atoms with Gasteiger partial charge < -0.3 is 5.32 Å². The average molecular weight is 471 g/mol. The molecule has 1 heterocycles. The Kier molecular flexibility index (Phi) is 6.19. The summed E-state index contributed by atoms with van der Waals surface area (Å²) in [5.74, 6) is 0. The van der Waals surface area contributed by atoms with Gasteiger partial charge in [-0.3, -0.25) is 9.62 Å². The number of anilines is 2. The third-order valence-electron chi connectivity index (χ3n) is 4.30. The number of alkyl halides is 1. The Morgan fingerprint density at radius 2 is 1.68 bits per heavy atom. The van der Waals surface area contributed by atoms with E-state index in [9.17, 15) is 8.42 Å². The highest BCUT2D eigenvalue weighted by Crippen LogP contribution is 2.22. The summed E-state index contributed by atoms with van der Waals surface area (Å²) in [5.41, 5.74) is 1.51. The average Bonchev–Trinajstić information content (AvgIpc) is 2.63. The summed E-state index contributed by atoms with van der Waals surface area (Å²) >= 11 is 2.40. The number of sulfonamides is 1. The topological polar surface area (TPSA) is 61.4 Å². The molecule has 0 spiro atoms. The van der Waals surface area contributed by atoms with Crippen molar-refractivity contribution in [3.8, 4) is 0 Å². The maximum atomic E-state index is 12.4. The van der Waals surface area contributed by atoms with Gasteiger partial charge in [-0.15, -0.1) is 0 Å². The highest BCUT2D eigenvalue weighted by Gasteiger charge is 2.18. The number of nitrogens with one attached hydrogen (secondary N) is 2. The molecule has 25 heavy (non-hydrogen) atoms. The molecule has 2 aromatic rings. The lowest BCUT2D eigenvalue weighted by atomic mass is 10.1. The Bertz CT molecular complexity index is 791. The van der Waals surface area contributed by atoms with Crippen LogP contribution >= 0.6 is 22.6 Å². The predicted molar refractivity (Wildman–Crippen MR) is 111 cm³/mol. The van der Waals surface area contributed by atoms with E-state index in [0.717, 1.165) is 36.2 Å². The minimum absolute atomic E-state index is 0.263. The van der Waals surface area contributed by atoms with Gasteiger partial charge in [-0.2, -0.15) is 0 Å². The van der Waals surface area contributed by atoms with E-state index in [1.54, 1.807) is 36.4 Å². The number of rotatable bonds is 6. The molecule has 1 aliphatic rings. The summed E-state index contributed by atoms with van der Waals surface area (Å²) in [6.07, 6.45) is 2.20. The lowest BCUT2D eigenvalue weighted by molar-refractivity contribution is 0.259. The Labute approximate surface area is 163 Å². The van der Waals surface area contributed by atoms with E-state index in [4.69, 9.17) is 0 Å². The van der Waals surface area contributed by atoms with Crippen LogP contribution in [0.25, 0.3) is 0 Å². The predicted octanol–water partition coefficient (Wildman–Crippen LogP) is 3.76. The first kappa shape index (κ1) is 18.5. The Balaban J connectivity index is 1.66. The van der Waals surface area contributed by atoms with E-state index in [1.807, 2.05) is 18.2 Å². The quantitative estimate of drug-likeness (QED) is 0.383. The summed E-state index contributed by atoms with van der Waals surface area (Å²) in [5, 5.41) is 3.53. The number of halogens is 1. The van der Waals surface area contributed by atoms with Crippen molar-refractivity contribution in [3.05, 3.63) is 54.6 Å². The van der Waals surface area contributed by atoms with E-state index in [-0.39, 0.29) is 4.90 Å². The monoisotopic (exact) mass is 471 g/mol. The lowest BCUT2D eigenvalue weighted by Crippen LogP contribution is -2.38. The number of benzene rings is 2. The third-order valence-corrected chi connectivity index (χ3v) is 6.66. The Hall–Kier alpha value is -1.32. The van der Waals surface area contributed by atoms with Crippen molar-refractivity contribution in [2.24, 2.45) is 0 Å². The largest absolute Gasteiger partial charge is 0.382 e. The molecular formula is C18H22IN3O2S. The molecule has 3 rings (SSSR count). The van der Waals surface area contributed by atoms with E-state index in [0.29, 0.717) is 11.7 Å². The highest BCUT2D eigenvalue weighted by atomic mass is 127. The van der Waals surface area contributed by atoms with Crippen molar-refractivity contribution in [2.75, 3.05) is 27.7 Å². The first-order valence-electron chi connectivity index (χ1n) is 8.29. The zero-order chi connectivity index (χ0) is 17.7. The second-order valence-corrected chi connectivity index (χ2v) is 8.52. The molecule has 0 radical (unpaired) electrons. The molecule has 0 saturated carbocycles. The fraction of sp³-hybridized carbons (Fsp3) is 0.333. The van der Waals surface area contributed by atoms with Crippen molar-refractivity contribution in [3.63, 3.8) is 0 Å². The minimum atomic E-state index is -3.56. The van der Waals surface area contributed by atoms with Gasteiger partial charge in [0, 0.05) is 24.8 Å². The fourth-order valence-corrected chi connectivity index (χ4v) is 4.67. The molecular weight excluding hydrogens is 449 g/mol. The highest BCUT2D eigenvalue weighted by molar-refractivity contribution is 14.1. The Morgan fingerprint density at radius 3 is 2.36 bits per heavy atom. The fourth-order valence-electron chi connectivity index (χ4n) is 2.92. The van der Waals surface area contributed by atoms with Crippen LogP contribution in [0.4, 0.5) is 11.4 Å². The van der Waals surface area contributed by atoms with Crippen LogP contribution < -0.4 is 10.0 Å². The molecule has 5 nitrogen and oxygen atoms in total. The molecule has 1 fully saturated rings. The molecule has 1 saturated heterocycles. The van der Waals surface area contributed by atoms with Crippen LogP contribution in [-0.2, 0) is 10.0 Å². The molecule has 1 aliphatic heterocycles. The molecule has 2 aromatic carbocycles. The maximum Gasteiger partial charge on any atom is 0.261 e. The molecule has 0 bridgehead atoms. The number of hydrogen-bond acceptors (Lipinski definition) is 4. The standard InChI is InChI=1S/C18H22IN3O2S/c19-14-22-11-9-15(10-12-22)20-16-5-4-6-17(13-16)21-25(23,24)18-7-2-1-3-8-18/h1-8,13,15,20-21H,9-12,14H2. The van der Waals surface area contributed by atoms with Crippen LogP contribution in [0.1, 0.15) is 12.8 Å². The number of piperidine rings is 1. The van der Waals surface area contributed by atoms with Gasteiger partial charge in [0.1, 0.15) is 0 Å². The van der Waals surface area contributed by atoms with Gasteiger partial charge >= 0.3 is 0 Å². The van der Waals surface area contributed by atoms with Crippen molar-refractivity contribution < 1.29 is 8.42 Å². The van der Waals surface area contributed by atoms with E-state index in [2.05, 4.69) is 37.5 Å². The molecule has 0 aliphatic carbocycles. The number of nitrogens with zero attached hydrogens (tertiary/aromatic N) is 1. The molecule has 0 aromatic heterocycles. The number of likely N-dealkylation sites (tertiary alicyclic amines) is 1. The van der Waals surface area contributed by atoms with Crippen LogP contribution in [0.5, 0.6) is 0 Å². The molecule has 2 N–H and O–H groups in total. The van der Waals surface area contributed by atoms with Crippen LogP contribution in [0.2, 0.25) is 0 Å². The van der Waals surface area contributed by atoms with Crippen molar-refractivity contribution in [2.45, 2.75) is 23.8 Å². The van der Waals surface area contributed by atoms with Crippen molar-refractivity contribution in [1.29, 1.82) is 0 Å². The molecule has 134 valence electrons. The zero-order valence-electron chi connectivity index (χ0n) is 13.9. The summed E-state index contributed by atoms with van der Waals surface area (Å²) in [7, 11) is -3.56. The number of hydrogen-bond donors (Lipinski definition) is 2. The van der Waals surface area contributed by atoms with Gasteiger partial charge in [-0.1, -0.05) is 46.9 Å². The summed E-state index contributed by atoms with van der Waals surface area (Å²) < 4.78 is 28.6. The SMILES string of the molecule is O=S(=O)(Nc1cccc(NC2CCN(CI)CC2)c1)c1ccccc1. The van der Waals surface area contributed by atoms with Crippen LogP contribution in [0, 0.1) is 0 Å². The van der Waals surface area contributed by atoms with Crippen molar-refractivity contribution >= 4 is 44.0 Å². The summed E-state index contributed by atoms with van der Waals surface area (Å²) in [4.78, 5) is 2.70. The van der Waals surface area contributed by atoms with Gasteiger partial charge in [0.25, 0.3) is 10.0 Å². The van der Waals surface area contributed by atoms with E-state index in [1.165, 1.54) is 0 Å². The van der Waals surface area contributed by atoms with Crippen molar-refractivity contribution in [1.82, 2.24) is 4.90 Å². The van der Waals surface area contributed by atoms with Gasteiger partial charge in [0.2, 0.25) is 0 Å². The third kappa shape index (κ3) is 5.08. The van der Waals surface area contributed by atoms with E-state index < -0.39 is 10.0 Å². The van der Waals surface area contributed by atoms with E-state index >= 15 is 0 Å². The van der Waals surface area contributed by atoms with Crippen LogP contribution in [-0.4, -0.2) is 37.0 Å². The summed E-state index contributed by atoms with van der Waals surface area (Å²) in [6.45, 7) is 2.20. The zero-order valence-corrected chi connectivity index (χ0v) is 16.8. The summed E-state index contributed by atoms with van der Waals surface area (Å²) in [6, 6.07) is 16.3. The Morgan fingerprint density at radius 1 is 1.00 bits per heavy atom. The smallest absolute Gasteiger partial charge is 0.261 e. The van der Waals surface area contributed by atoms with Gasteiger partial charge in [-0.05, 0) is 43.2 Å². The molecule has 7 heteroatoms. The molecule has 0 unspecified atom stereocenters. The van der Waals surface area contributed by atoms with Crippen LogP contribution in [0.15, 0.2) is 59.5 Å². The first-order chi connectivity index (χ1) is 12.1. The molecule has 0 atom stereocenters. The lowest BCUT2D eigenvalue weighted by Gasteiger charge is -2.31. The second-order valence-electron chi connectivity index (χ2n) is 6.16. The molecule has 0 amide bonds. The first-order valence-corrected chi connectivity index (χ1v) is 11.3. The van der Waals surface area contributed by atoms with Gasteiger partial charge in [0.05, 0.1) is 15.1 Å².